The smallest absolute Gasteiger partial charge is 0.0623 e. The number of hydrogen-bond acceptors (Lipinski definition) is 3. The van der Waals surface area contributed by atoms with E-state index in [1.54, 1.807) is 7.11 Å². The van der Waals surface area contributed by atoms with Crippen molar-refractivity contribution >= 4 is 0 Å². The first-order chi connectivity index (χ1) is 9.21. The van der Waals surface area contributed by atoms with Crippen molar-refractivity contribution in [2.45, 2.75) is 64.5 Å². The summed E-state index contributed by atoms with van der Waals surface area (Å²) in [6, 6.07) is 8.69. The Morgan fingerprint density at radius 1 is 1.15 bits per heavy atom. The Balaban J connectivity index is 2.96. The van der Waals surface area contributed by atoms with E-state index in [1.165, 1.54) is 11.1 Å². The Kier molecular flexibility index (Phi) is 5.75. The number of benzene rings is 1. The zero-order valence-electron chi connectivity index (χ0n) is 13.8. The van der Waals surface area contributed by atoms with E-state index in [-0.39, 0.29) is 17.1 Å². The minimum absolute atomic E-state index is 0.114. The molecule has 0 heterocycles. The van der Waals surface area contributed by atoms with Crippen molar-refractivity contribution in [1.29, 1.82) is 0 Å². The third-order valence-electron chi connectivity index (χ3n) is 3.93. The summed E-state index contributed by atoms with van der Waals surface area (Å²) in [6.45, 7) is 10.9. The van der Waals surface area contributed by atoms with Crippen molar-refractivity contribution in [3.05, 3.63) is 35.4 Å². The van der Waals surface area contributed by atoms with Gasteiger partial charge in [-0.15, -0.1) is 0 Å². The Morgan fingerprint density at radius 2 is 1.75 bits per heavy atom. The van der Waals surface area contributed by atoms with E-state index in [2.05, 4.69) is 64.3 Å². The van der Waals surface area contributed by atoms with Gasteiger partial charge >= 0.3 is 0 Å². The topological polar surface area (TPSA) is 47.3 Å². The lowest BCUT2D eigenvalue weighted by Crippen LogP contribution is -2.32. The Morgan fingerprint density at radius 3 is 2.25 bits per heavy atom. The summed E-state index contributed by atoms with van der Waals surface area (Å²) in [5.74, 6) is 5.80. The highest BCUT2D eigenvalue weighted by Gasteiger charge is 2.24. The standard InChI is InChI=1S/C17H30N2O/c1-16(2,3)14-10-8-7-9-13(14)15(19-18)11-12-17(4,5)20-6/h7-10,15,19H,11-12,18H2,1-6H3. The summed E-state index contributed by atoms with van der Waals surface area (Å²) in [6.07, 6.45) is 1.90. The largest absolute Gasteiger partial charge is 0.379 e. The Labute approximate surface area is 123 Å². The molecule has 3 heteroatoms. The second kappa shape index (κ2) is 6.70. The predicted octanol–water partition coefficient (Wildman–Crippen LogP) is 3.69. The molecule has 1 rings (SSSR count). The molecule has 0 aliphatic heterocycles. The van der Waals surface area contributed by atoms with Crippen molar-refractivity contribution in [2.75, 3.05) is 7.11 Å². The zero-order valence-corrected chi connectivity index (χ0v) is 13.8. The molecule has 1 aromatic carbocycles. The van der Waals surface area contributed by atoms with Gasteiger partial charge in [0.1, 0.15) is 0 Å². The van der Waals surface area contributed by atoms with Crippen LogP contribution < -0.4 is 11.3 Å². The minimum Gasteiger partial charge on any atom is -0.379 e. The maximum absolute atomic E-state index is 5.80. The van der Waals surface area contributed by atoms with E-state index in [4.69, 9.17) is 10.6 Å². The van der Waals surface area contributed by atoms with Crippen molar-refractivity contribution in [2.24, 2.45) is 5.84 Å². The van der Waals surface area contributed by atoms with Gasteiger partial charge in [-0.25, -0.2) is 0 Å². The molecular formula is C17H30N2O. The number of nitrogens with one attached hydrogen (secondary N) is 1. The molecule has 0 amide bonds. The summed E-state index contributed by atoms with van der Waals surface area (Å²) in [4.78, 5) is 0. The van der Waals surface area contributed by atoms with Crippen molar-refractivity contribution in [3.63, 3.8) is 0 Å². The number of methoxy groups -OCH3 is 1. The maximum atomic E-state index is 5.80. The lowest BCUT2D eigenvalue weighted by Gasteiger charge is -2.29. The molecule has 1 aromatic rings. The van der Waals surface area contributed by atoms with Gasteiger partial charge in [0, 0.05) is 13.2 Å². The molecule has 0 fully saturated rings. The van der Waals surface area contributed by atoms with Crippen LogP contribution in [0.3, 0.4) is 0 Å². The van der Waals surface area contributed by atoms with E-state index in [9.17, 15) is 0 Å². The first-order valence-corrected chi connectivity index (χ1v) is 7.32. The second-order valence-corrected chi connectivity index (χ2v) is 7.06. The van der Waals surface area contributed by atoms with E-state index in [0.29, 0.717) is 0 Å². The van der Waals surface area contributed by atoms with Crippen LogP contribution in [0.4, 0.5) is 0 Å². The fraction of sp³-hybridized carbons (Fsp3) is 0.647. The molecule has 0 aliphatic rings. The molecule has 0 aromatic heterocycles. The Hall–Kier alpha value is -0.900. The monoisotopic (exact) mass is 278 g/mol. The summed E-state index contributed by atoms with van der Waals surface area (Å²) in [5, 5.41) is 0. The molecule has 0 saturated carbocycles. The van der Waals surface area contributed by atoms with Crippen LogP contribution in [-0.4, -0.2) is 12.7 Å². The lowest BCUT2D eigenvalue weighted by molar-refractivity contribution is 0.0116. The van der Waals surface area contributed by atoms with Crippen LogP contribution in [0.2, 0.25) is 0 Å². The van der Waals surface area contributed by atoms with Gasteiger partial charge < -0.3 is 4.74 Å². The molecule has 0 saturated heterocycles. The SMILES string of the molecule is COC(C)(C)CCC(NN)c1ccccc1C(C)(C)C. The molecule has 0 aliphatic carbocycles. The maximum Gasteiger partial charge on any atom is 0.0623 e. The van der Waals surface area contributed by atoms with E-state index < -0.39 is 0 Å². The Bertz CT molecular complexity index is 421. The molecule has 3 nitrogen and oxygen atoms in total. The van der Waals surface area contributed by atoms with Gasteiger partial charge in [-0.1, -0.05) is 45.0 Å². The summed E-state index contributed by atoms with van der Waals surface area (Å²) in [5.41, 5.74) is 5.60. The predicted molar refractivity (Wildman–Crippen MR) is 85.5 cm³/mol. The van der Waals surface area contributed by atoms with Gasteiger partial charge in [0.05, 0.1) is 5.60 Å². The minimum atomic E-state index is -0.119. The molecule has 114 valence electrons. The summed E-state index contributed by atoms with van der Waals surface area (Å²) >= 11 is 0. The molecule has 0 spiro atoms. The number of rotatable bonds is 6. The molecule has 3 N–H and O–H groups in total. The van der Waals surface area contributed by atoms with Gasteiger partial charge in [-0.3, -0.25) is 11.3 Å². The summed E-state index contributed by atoms with van der Waals surface area (Å²) in [7, 11) is 1.76. The van der Waals surface area contributed by atoms with Crippen LogP contribution in [0, 0.1) is 0 Å². The molecule has 0 bridgehead atoms. The van der Waals surface area contributed by atoms with Gasteiger partial charge in [0.15, 0.2) is 0 Å². The highest BCUT2D eigenvalue weighted by Crippen LogP contribution is 2.32. The van der Waals surface area contributed by atoms with E-state index in [1.807, 2.05) is 0 Å². The highest BCUT2D eigenvalue weighted by atomic mass is 16.5. The zero-order chi connectivity index (χ0) is 15.4. The molecule has 20 heavy (non-hydrogen) atoms. The number of hydrogen-bond donors (Lipinski definition) is 2. The van der Waals surface area contributed by atoms with Gasteiger partial charge in [0.25, 0.3) is 0 Å². The molecular weight excluding hydrogens is 248 g/mol. The van der Waals surface area contributed by atoms with Crippen molar-refractivity contribution in [1.82, 2.24) is 5.43 Å². The number of hydrazine groups is 1. The van der Waals surface area contributed by atoms with Crippen LogP contribution in [-0.2, 0) is 10.2 Å². The van der Waals surface area contributed by atoms with Gasteiger partial charge in [-0.2, -0.15) is 0 Å². The lowest BCUT2D eigenvalue weighted by atomic mass is 9.80. The third kappa shape index (κ3) is 4.58. The van der Waals surface area contributed by atoms with E-state index in [0.717, 1.165) is 12.8 Å². The van der Waals surface area contributed by atoms with Crippen LogP contribution in [0.25, 0.3) is 0 Å². The van der Waals surface area contributed by atoms with Gasteiger partial charge in [0.2, 0.25) is 0 Å². The van der Waals surface area contributed by atoms with Crippen LogP contribution in [0.15, 0.2) is 24.3 Å². The average Bonchev–Trinajstić information content (AvgIpc) is 2.39. The fourth-order valence-electron chi connectivity index (χ4n) is 2.41. The average molecular weight is 278 g/mol. The first kappa shape index (κ1) is 17.2. The number of nitrogens with two attached hydrogens (primary N) is 1. The quantitative estimate of drug-likeness (QED) is 0.616. The van der Waals surface area contributed by atoms with Crippen LogP contribution >= 0.6 is 0 Å². The molecule has 1 atom stereocenters. The summed E-state index contributed by atoms with van der Waals surface area (Å²) < 4.78 is 5.50. The fourth-order valence-corrected chi connectivity index (χ4v) is 2.41. The third-order valence-corrected chi connectivity index (χ3v) is 3.93. The van der Waals surface area contributed by atoms with E-state index >= 15 is 0 Å². The second-order valence-electron chi connectivity index (χ2n) is 7.06. The van der Waals surface area contributed by atoms with Crippen molar-refractivity contribution in [3.8, 4) is 0 Å². The normalized spacial score (nSPS) is 14.3. The molecule has 1 unspecified atom stereocenters. The van der Waals surface area contributed by atoms with Crippen LogP contribution in [0.1, 0.15) is 64.6 Å². The van der Waals surface area contributed by atoms with Gasteiger partial charge in [-0.05, 0) is 43.2 Å². The molecule has 0 radical (unpaired) electrons. The highest BCUT2D eigenvalue weighted by molar-refractivity contribution is 5.35. The van der Waals surface area contributed by atoms with Crippen LogP contribution in [0.5, 0.6) is 0 Å². The number of ether oxygens (including phenoxy) is 1. The first-order valence-electron chi connectivity index (χ1n) is 7.32. The van der Waals surface area contributed by atoms with Crippen molar-refractivity contribution < 1.29 is 4.74 Å².